The predicted octanol–water partition coefficient (Wildman–Crippen LogP) is 6.31. The van der Waals surface area contributed by atoms with Crippen molar-refractivity contribution < 1.29 is 27.5 Å². The molecule has 6 nitrogen and oxygen atoms in total. The number of unbranched alkanes of at least 4 members (excludes halogenated alkanes) is 2. The molecule has 0 unspecified atom stereocenters. The second kappa shape index (κ2) is 15.5. The molecule has 0 N–H and O–H groups in total. The van der Waals surface area contributed by atoms with Crippen LogP contribution in [-0.2, 0) is 29.2 Å². The molecule has 0 radical (unpaired) electrons. The van der Waals surface area contributed by atoms with Gasteiger partial charge in [-0.2, -0.15) is 0 Å². The average Bonchev–Trinajstić information content (AvgIpc) is 2.89. The first-order valence-electron chi connectivity index (χ1n) is 12.4. The van der Waals surface area contributed by atoms with Gasteiger partial charge in [0.15, 0.2) is 0 Å². The fraction of sp³-hybridized carbons (Fsp3) is 0.464. The van der Waals surface area contributed by atoms with Crippen LogP contribution in [0.1, 0.15) is 50.7 Å². The topological polar surface area (TPSA) is 63.2 Å². The summed E-state index contributed by atoms with van der Waals surface area (Å²) < 4.78 is 27.7. The predicted molar refractivity (Wildman–Crippen MR) is 142 cm³/mol. The van der Waals surface area contributed by atoms with Crippen LogP contribution >= 0.6 is 0 Å². The van der Waals surface area contributed by atoms with E-state index in [2.05, 4.69) is 31.2 Å². The first-order valence-corrected chi connectivity index (χ1v) is 14.3. The van der Waals surface area contributed by atoms with Gasteiger partial charge in [0.05, 0.1) is 13.2 Å². The zero-order valence-corrected chi connectivity index (χ0v) is 22.8. The van der Waals surface area contributed by atoms with E-state index in [-0.39, 0.29) is 5.97 Å². The molecule has 0 amide bonds. The average molecular weight is 501 g/mol. The molecular weight excluding hydrogens is 460 g/mol. The lowest BCUT2D eigenvalue weighted by Crippen LogP contribution is -2.42. The fourth-order valence-electron chi connectivity index (χ4n) is 3.81. The summed E-state index contributed by atoms with van der Waals surface area (Å²) >= 11 is 0. The minimum atomic E-state index is -2.64. The zero-order chi connectivity index (χ0) is 25.5. The van der Waals surface area contributed by atoms with E-state index in [0.29, 0.717) is 19.3 Å². The maximum Gasteiger partial charge on any atom is 0.500 e. The highest BCUT2D eigenvalue weighted by Gasteiger charge is 2.36. The van der Waals surface area contributed by atoms with Crippen LogP contribution in [0.4, 0.5) is 0 Å². The van der Waals surface area contributed by atoms with Crippen molar-refractivity contribution in [3.8, 4) is 16.9 Å². The van der Waals surface area contributed by atoms with E-state index in [1.54, 1.807) is 34.3 Å². The van der Waals surface area contributed by atoms with Crippen LogP contribution in [0, 0.1) is 0 Å². The molecule has 0 heterocycles. The quantitative estimate of drug-likeness (QED) is 0.116. The van der Waals surface area contributed by atoms with Crippen molar-refractivity contribution in [1.82, 2.24) is 0 Å². The summed E-state index contributed by atoms with van der Waals surface area (Å²) in [7, 11) is 2.20. The highest BCUT2D eigenvalue weighted by Crippen LogP contribution is 2.32. The van der Waals surface area contributed by atoms with Crippen LogP contribution < -0.4 is 4.74 Å². The first kappa shape index (κ1) is 28.8. The second-order valence-electron chi connectivity index (χ2n) is 8.24. The van der Waals surface area contributed by atoms with Crippen LogP contribution in [0.5, 0.6) is 5.75 Å². The van der Waals surface area contributed by atoms with E-state index in [0.717, 1.165) is 35.3 Å². The zero-order valence-electron chi connectivity index (χ0n) is 21.8. The number of benzene rings is 2. The number of hydrogen-bond donors (Lipinski definition) is 0. The third-order valence-electron chi connectivity index (χ3n) is 5.86. The SMILES string of the molecule is CCCCCc1ccc(-c2ccc(/C=C/C(=O)OCC)cc2OCCC[Si](OC)(OC)OC)cc1. The van der Waals surface area contributed by atoms with Crippen LogP contribution in [0.2, 0.25) is 6.04 Å². The Kier molecular flexibility index (Phi) is 12.8. The molecule has 192 valence electrons. The molecule has 0 bridgehead atoms. The Morgan fingerprint density at radius 2 is 1.63 bits per heavy atom. The smallest absolute Gasteiger partial charge is 0.493 e. The van der Waals surface area contributed by atoms with Gasteiger partial charge in [0.2, 0.25) is 0 Å². The van der Waals surface area contributed by atoms with Crippen molar-refractivity contribution in [1.29, 1.82) is 0 Å². The number of rotatable bonds is 16. The minimum absolute atomic E-state index is 0.347. The minimum Gasteiger partial charge on any atom is -0.493 e. The highest BCUT2D eigenvalue weighted by molar-refractivity contribution is 6.60. The molecule has 0 atom stereocenters. The van der Waals surface area contributed by atoms with Crippen molar-refractivity contribution in [3.63, 3.8) is 0 Å². The molecule has 0 aromatic heterocycles. The Bertz CT molecular complexity index is 913. The third-order valence-corrected chi connectivity index (χ3v) is 8.69. The fourth-order valence-corrected chi connectivity index (χ4v) is 5.50. The molecule has 0 aliphatic rings. The second-order valence-corrected chi connectivity index (χ2v) is 11.3. The van der Waals surface area contributed by atoms with Gasteiger partial charge in [-0.25, -0.2) is 4.79 Å². The van der Waals surface area contributed by atoms with E-state index in [4.69, 9.17) is 22.8 Å². The molecule has 0 fully saturated rings. The number of aryl methyl sites for hydroxylation is 1. The van der Waals surface area contributed by atoms with Crippen molar-refractivity contribution >= 4 is 20.8 Å². The molecule has 0 aliphatic carbocycles. The van der Waals surface area contributed by atoms with Crippen molar-refractivity contribution in [3.05, 3.63) is 59.7 Å². The van der Waals surface area contributed by atoms with Crippen LogP contribution in [0.3, 0.4) is 0 Å². The Balaban J connectivity index is 2.20. The molecule has 35 heavy (non-hydrogen) atoms. The number of carbonyl (C=O) groups excluding carboxylic acids is 1. The van der Waals surface area contributed by atoms with Gasteiger partial charge in [-0.15, -0.1) is 0 Å². The molecular formula is C28H40O6Si. The van der Waals surface area contributed by atoms with Gasteiger partial charge in [-0.3, -0.25) is 0 Å². The summed E-state index contributed by atoms with van der Waals surface area (Å²) in [6.07, 6.45) is 8.67. The number of esters is 1. The van der Waals surface area contributed by atoms with Crippen LogP contribution in [0.25, 0.3) is 17.2 Å². The Hall–Kier alpha value is -2.45. The lowest BCUT2D eigenvalue weighted by atomic mass is 9.99. The van der Waals surface area contributed by atoms with Gasteiger partial charge < -0.3 is 22.8 Å². The Morgan fingerprint density at radius 3 is 2.26 bits per heavy atom. The van der Waals surface area contributed by atoms with Crippen molar-refractivity contribution in [2.45, 2.75) is 52.0 Å². The molecule has 0 saturated carbocycles. The molecule has 0 saturated heterocycles. The van der Waals surface area contributed by atoms with Crippen LogP contribution in [-0.4, -0.2) is 49.3 Å². The summed E-state index contributed by atoms with van der Waals surface area (Å²) in [6, 6.07) is 15.3. The van der Waals surface area contributed by atoms with E-state index >= 15 is 0 Å². The van der Waals surface area contributed by atoms with Gasteiger partial charge >= 0.3 is 14.8 Å². The monoisotopic (exact) mass is 500 g/mol. The van der Waals surface area contributed by atoms with E-state index in [9.17, 15) is 4.79 Å². The van der Waals surface area contributed by atoms with Gasteiger partial charge in [-0.05, 0) is 55.0 Å². The van der Waals surface area contributed by atoms with Gasteiger partial charge in [-0.1, -0.05) is 56.2 Å². The number of ether oxygens (including phenoxy) is 2. The molecule has 2 rings (SSSR count). The number of carbonyl (C=O) groups is 1. The standard InChI is InChI=1S/C28H40O6Si/c1-6-8-9-11-23-12-16-25(17-13-23)26-18-14-24(15-19-28(29)33-7-2)22-27(26)34-20-10-21-35(30-3,31-4)32-5/h12-19,22H,6-11,20-21H2,1-5H3/b19-15+. The van der Waals surface area contributed by atoms with Crippen LogP contribution in [0.15, 0.2) is 48.5 Å². The van der Waals surface area contributed by atoms with Gasteiger partial charge in [0.25, 0.3) is 0 Å². The summed E-state index contributed by atoms with van der Waals surface area (Å²) in [6.45, 7) is 4.84. The summed E-state index contributed by atoms with van der Waals surface area (Å²) in [4.78, 5) is 11.7. The third kappa shape index (κ3) is 9.26. The Morgan fingerprint density at radius 1 is 0.914 bits per heavy atom. The normalized spacial score (nSPS) is 11.7. The molecule has 7 heteroatoms. The highest BCUT2D eigenvalue weighted by atomic mass is 28.4. The van der Waals surface area contributed by atoms with Crippen molar-refractivity contribution in [2.75, 3.05) is 34.5 Å². The summed E-state index contributed by atoms with van der Waals surface area (Å²) in [5.74, 6) is 0.395. The lowest BCUT2D eigenvalue weighted by Gasteiger charge is -2.24. The largest absolute Gasteiger partial charge is 0.500 e. The summed E-state index contributed by atoms with van der Waals surface area (Å²) in [5.41, 5.74) is 4.31. The molecule has 2 aromatic carbocycles. The van der Waals surface area contributed by atoms with E-state index in [1.807, 2.05) is 18.2 Å². The molecule has 2 aromatic rings. The van der Waals surface area contributed by atoms with E-state index < -0.39 is 8.80 Å². The van der Waals surface area contributed by atoms with Crippen molar-refractivity contribution in [2.24, 2.45) is 0 Å². The Labute approximate surface area is 211 Å². The maximum absolute atomic E-state index is 11.7. The molecule has 0 spiro atoms. The van der Waals surface area contributed by atoms with Gasteiger partial charge in [0.1, 0.15) is 5.75 Å². The first-order chi connectivity index (χ1) is 17.0. The number of hydrogen-bond acceptors (Lipinski definition) is 6. The lowest BCUT2D eigenvalue weighted by molar-refractivity contribution is -0.137. The maximum atomic E-state index is 11.7. The summed E-state index contributed by atoms with van der Waals surface area (Å²) in [5, 5.41) is 0. The molecule has 0 aliphatic heterocycles. The van der Waals surface area contributed by atoms with E-state index in [1.165, 1.54) is 30.9 Å². The van der Waals surface area contributed by atoms with Gasteiger partial charge in [0, 0.05) is 39.0 Å².